The largest absolute Gasteiger partial charge is 0.391 e. The number of likely N-dealkylation sites (tertiary alicyclic amines) is 2. The molecule has 0 aromatic carbocycles. The molecule has 0 spiro atoms. The number of allylic oxidation sites excluding steroid dienone is 6. The summed E-state index contributed by atoms with van der Waals surface area (Å²) in [5.41, 5.74) is 0. The second-order valence-electron chi connectivity index (χ2n) is 9.73. The van der Waals surface area contributed by atoms with Gasteiger partial charge in [-0.2, -0.15) is 0 Å². The number of hydrogen-bond donors (Lipinski definition) is 2. The van der Waals surface area contributed by atoms with Crippen molar-refractivity contribution in [3.05, 3.63) is 49.6 Å². The third-order valence-corrected chi connectivity index (χ3v) is 6.85. The Kier molecular flexibility index (Phi) is 14.1. The molecule has 2 heterocycles. The molecule has 192 valence electrons. The number of Topliss-reactive ketones (excluding diaryl/α,β-unsaturated/α-hetero) is 2. The van der Waals surface area contributed by atoms with E-state index in [1.165, 1.54) is 0 Å². The van der Waals surface area contributed by atoms with Crippen LogP contribution < -0.4 is 0 Å². The van der Waals surface area contributed by atoms with Crippen molar-refractivity contribution in [3.63, 3.8) is 0 Å². The van der Waals surface area contributed by atoms with E-state index in [-0.39, 0.29) is 35.5 Å². The van der Waals surface area contributed by atoms with Crippen LogP contribution in [-0.4, -0.2) is 83.1 Å². The molecule has 0 amide bonds. The summed E-state index contributed by atoms with van der Waals surface area (Å²) < 4.78 is 0. The van der Waals surface area contributed by atoms with E-state index < -0.39 is 12.2 Å². The molecule has 6 unspecified atom stereocenters. The fraction of sp³-hybridized carbons (Fsp3) is 0.643. The minimum absolute atomic E-state index is 0.0840. The van der Waals surface area contributed by atoms with Crippen LogP contribution in [0.4, 0.5) is 0 Å². The SMILES string of the molecule is C=C/C=C/CC(C)C(O)C1C(=O)CCCN1C.C=C/C=C\CC(C)C(O)C1C(=O)CCCN1C. The van der Waals surface area contributed by atoms with Gasteiger partial charge in [-0.25, -0.2) is 0 Å². The van der Waals surface area contributed by atoms with Gasteiger partial charge < -0.3 is 10.2 Å². The Hall–Kier alpha value is -1.86. The van der Waals surface area contributed by atoms with Crippen LogP contribution in [-0.2, 0) is 9.59 Å². The fourth-order valence-electron chi connectivity index (χ4n) is 4.65. The zero-order valence-electron chi connectivity index (χ0n) is 21.6. The summed E-state index contributed by atoms with van der Waals surface area (Å²) in [5, 5.41) is 20.5. The number of rotatable bonds is 10. The smallest absolute Gasteiger partial charge is 0.152 e. The monoisotopic (exact) mass is 474 g/mol. The average Bonchev–Trinajstić information content (AvgIpc) is 2.79. The molecule has 0 aromatic heterocycles. The molecule has 6 heteroatoms. The van der Waals surface area contributed by atoms with Crippen molar-refractivity contribution < 1.29 is 19.8 Å². The molecule has 2 aliphatic rings. The van der Waals surface area contributed by atoms with E-state index in [0.717, 1.165) is 38.8 Å². The van der Waals surface area contributed by atoms with Gasteiger partial charge in [0.2, 0.25) is 0 Å². The Morgan fingerprint density at radius 1 is 0.824 bits per heavy atom. The van der Waals surface area contributed by atoms with Crippen LogP contribution >= 0.6 is 0 Å². The van der Waals surface area contributed by atoms with Gasteiger partial charge in [-0.3, -0.25) is 19.4 Å². The van der Waals surface area contributed by atoms with Gasteiger partial charge in [-0.15, -0.1) is 0 Å². The summed E-state index contributed by atoms with van der Waals surface area (Å²) in [7, 11) is 3.83. The van der Waals surface area contributed by atoms with Crippen LogP contribution in [0.2, 0.25) is 0 Å². The van der Waals surface area contributed by atoms with Gasteiger partial charge in [0.25, 0.3) is 0 Å². The molecule has 0 saturated carbocycles. The highest BCUT2D eigenvalue weighted by molar-refractivity contribution is 5.85. The average molecular weight is 475 g/mol. The molecule has 0 radical (unpaired) electrons. The van der Waals surface area contributed by atoms with E-state index in [4.69, 9.17) is 0 Å². The van der Waals surface area contributed by atoms with E-state index >= 15 is 0 Å². The van der Waals surface area contributed by atoms with Crippen LogP contribution in [0.5, 0.6) is 0 Å². The van der Waals surface area contributed by atoms with Crippen LogP contribution in [0.25, 0.3) is 0 Å². The van der Waals surface area contributed by atoms with Crippen LogP contribution in [0.15, 0.2) is 49.6 Å². The van der Waals surface area contributed by atoms with Crippen molar-refractivity contribution in [1.82, 2.24) is 9.80 Å². The number of aliphatic hydroxyl groups excluding tert-OH is 2. The fourth-order valence-corrected chi connectivity index (χ4v) is 4.65. The number of piperidine rings is 2. The highest BCUT2D eigenvalue weighted by atomic mass is 16.3. The second kappa shape index (κ2) is 15.9. The Labute approximate surface area is 206 Å². The minimum Gasteiger partial charge on any atom is -0.391 e. The molecule has 2 N–H and O–H groups in total. The van der Waals surface area contributed by atoms with Gasteiger partial charge in [0.15, 0.2) is 11.6 Å². The van der Waals surface area contributed by atoms with Gasteiger partial charge in [-0.05, 0) is 64.7 Å². The molecule has 2 aliphatic heterocycles. The zero-order chi connectivity index (χ0) is 25.7. The van der Waals surface area contributed by atoms with Crippen molar-refractivity contribution in [3.8, 4) is 0 Å². The summed E-state index contributed by atoms with van der Waals surface area (Å²) in [6, 6.07) is -0.647. The standard InChI is InChI=1S/2C14H23NO2/c2*1-4-5-6-8-11(2)14(17)13-12(16)9-7-10-15(13)3/h2*4-6,11,13-14,17H,1,7-10H2,2-3H3/b6-5+;6-5-. The maximum Gasteiger partial charge on any atom is 0.152 e. The zero-order valence-corrected chi connectivity index (χ0v) is 21.6. The highest BCUT2D eigenvalue weighted by Gasteiger charge is 2.36. The molecule has 6 nitrogen and oxygen atoms in total. The molecular weight excluding hydrogens is 428 g/mol. The molecule has 0 aromatic rings. The van der Waals surface area contributed by atoms with Crippen molar-refractivity contribution in [2.75, 3.05) is 27.2 Å². The second-order valence-corrected chi connectivity index (χ2v) is 9.73. The number of ketones is 2. The van der Waals surface area contributed by atoms with Crippen molar-refractivity contribution in [2.45, 2.75) is 76.7 Å². The topological polar surface area (TPSA) is 81.1 Å². The molecular formula is C28H46N2O4. The Balaban J connectivity index is 0.000000340. The number of likely N-dealkylation sites (N-methyl/N-ethyl adjacent to an activating group) is 2. The number of aliphatic hydroxyl groups is 2. The quantitative estimate of drug-likeness (QED) is 0.471. The summed E-state index contributed by atoms with van der Waals surface area (Å²) in [4.78, 5) is 27.6. The predicted molar refractivity (Wildman–Crippen MR) is 140 cm³/mol. The third-order valence-electron chi connectivity index (χ3n) is 6.85. The minimum atomic E-state index is -0.581. The highest BCUT2D eigenvalue weighted by Crippen LogP contribution is 2.22. The Morgan fingerprint density at radius 2 is 1.18 bits per heavy atom. The summed E-state index contributed by atoms with van der Waals surface area (Å²) >= 11 is 0. The molecule has 2 rings (SSSR count). The first-order valence-corrected chi connectivity index (χ1v) is 12.5. The molecule has 0 aliphatic carbocycles. The third kappa shape index (κ3) is 9.41. The van der Waals surface area contributed by atoms with Crippen molar-refractivity contribution in [1.29, 1.82) is 0 Å². The number of nitrogens with zero attached hydrogens (tertiary/aromatic N) is 2. The Bertz CT molecular complexity index is 657. The summed E-state index contributed by atoms with van der Waals surface area (Å²) in [6.45, 7) is 13.0. The van der Waals surface area contributed by atoms with E-state index in [0.29, 0.717) is 12.8 Å². The van der Waals surface area contributed by atoms with Gasteiger partial charge in [0, 0.05) is 12.8 Å². The molecule has 0 bridgehead atoms. The Morgan fingerprint density at radius 3 is 1.47 bits per heavy atom. The lowest BCUT2D eigenvalue weighted by Crippen LogP contribution is -2.52. The maximum absolute atomic E-state index is 11.8. The lowest BCUT2D eigenvalue weighted by molar-refractivity contribution is -0.133. The number of carbonyl (C=O) groups is 2. The van der Waals surface area contributed by atoms with Gasteiger partial charge in [0.1, 0.15) is 0 Å². The summed E-state index contributed by atoms with van der Waals surface area (Å²) in [5.74, 6) is 0.512. The van der Waals surface area contributed by atoms with Crippen LogP contribution in [0.1, 0.15) is 52.4 Å². The van der Waals surface area contributed by atoms with E-state index in [2.05, 4.69) is 13.2 Å². The first-order chi connectivity index (χ1) is 16.1. The molecule has 6 atom stereocenters. The van der Waals surface area contributed by atoms with Gasteiger partial charge >= 0.3 is 0 Å². The molecule has 2 fully saturated rings. The first kappa shape index (κ1) is 30.2. The van der Waals surface area contributed by atoms with Gasteiger partial charge in [0.05, 0.1) is 24.3 Å². The number of hydrogen-bond acceptors (Lipinski definition) is 6. The normalized spacial score (nSPS) is 26.1. The van der Waals surface area contributed by atoms with E-state index in [9.17, 15) is 19.8 Å². The maximum atomic E-state index is 11.8. The van der Waals surface area contributed by atoms with E-state index in [1.807, 2.05) is 62.0 Å². The number of carbonyl (C=O) groups excluding carboxylic acids is 2. The lowest BCUT2D eigenvalue weighted by Gasteiger charge is -2.36. The van der Waals surface area contributed by atoms with Crippen LogP contribution in [0.3, 0.4) is 0 Å². The van der Waals surface area contributed by atoms with Crippen molar-refractivity contribution in [2.24, 2.45) is 11.8 Å². The summed E-state index contributed by atoms with van der Waals surface area (Å²) in [6.07, 6.45) is 14.5. The van der Waals surface area contributed by atoms with Crippen LogP contribution in [0, 0.1) is 11.8 Å². The molecule has 34 heavy (non-hydrogen) atoms. The predicted octanol–water partition coefficient (Wildman–Crippen LogP) is 3.56. The first-order valence-electron chi connectivity index (χ1n) is 12.5. The molecule has 2 saturated heterocycles. The van der Waals surface area contributed by atoms with Crippen molar-refractivity contribution >= 4 is 11.6 Å². The lowest BCUT2D eigenvalue weighted by atomic mass is 9.88. The van der Waals surface area contributed by atoms with Gasteiger partial charge in [-0.1, -0.05) is 63.5 Å². The van der Waals surface area contributed by atoms with E-state index in [1.54, 1.807) is 12.2 Å².